The summed E-state index contributed by atoms with van der Waals surface area (Å²) in [6.07, 6.45) is 1.89. The molecule has 0 spiro atoms. The van der Waals surface area contributed by atoms with Gasteiger partial charge in [0.1, 0.15) is 0 Å². The lowest BCUT2D eigenvalue weighted by molar-refractivity contribution is 0.734. The first-order valence-corrected chi connectivity index (χ1v) is 9.48. The molecule has 1 nitrogen and oxygen atoms in total. The van der Waals surface area contributed by atoms with Gasteiger partial charge in [-0.2, -0.15) is 0 Å². The zero-order valence-electron chi connectivity index (χ0n) is 14.1. The highest BCUT2D eigenvalue weighted by molar-refractivity contribution is 9.10. The van der Waals surface area contributed by atoms with Crippen molar-refractivity contribution in [2.24, 2.45) is 0 Å². The number of fused-ring (bicyclic) bond motifs is 3. The summed E-state index contributed by atoms with van der Waals surface area (Å²) in [5.41, 5.74) is 7.02. The van der Waals surface area contributed by atoms with Gasteiger partial charge in [0.25, 0.3) is 0 Å². The van der Waals surface area contributed by atoms with E-state index in [-0.39, 0.29) is 0 Å². The summed E-state index contributed by atoms with van der Waals surface area (Å²) < 4.78 is 1.08. The second-order valence-electron chi connectivity index (χ2n) is 6.57. The molecule has 5 rings (SSSR count). The molecule has 4 aromatic rings. The Morgan fingerprint density at radius 3 is 1.92 bits per heavy atom. The smallest absolute Gasteiger partial charge is 0.0886 e. The molecule has 0 atom stereocenters. The molecule has 0 fully saturated rings. The standard InChI is InChI=1S/C24H16BrN/c25-18-9-7-8-17(16-18)24(23-14-5-6-15-26-23)21-12-3-1-10-19(21)20-11-2-4-13-22(20)24/h1-16H. The first-order valence-electron chi connectivity index (χ1n) is 8.69. The normalized spacial score (nSPS) is 13.9. The van der Waals surface area contributed by atoms with E-state index < -0.39 is 5.41 Å². The van der Waals surface area contributed by atoms with Crippen LogP contribution in [-0.2, 0) is 5.41 Å². The quantitative estimate of drug-likeness (QED) is 0.345. The lowest BCUT2D eigenvalue weighted by Crippen LogP contribution is -2.29. The first-order chi connectivity index (χ1) is 12.8. The van der Waals surface area contributed by atoms with E-state index in [0.717, 1.165) is 10.2 Å². The van der Waals surface area contributed by atoms with Gasteiger partial charge in [-0.1, -0.05) is 82.7 Å². The predicted octanol–water partition coefficient (Wildman–Crippen LogP) is 6.21. The molecule has 0 aliphatic heterocycles. The van der Waals surface area contributed by atoms with E-state index >= 15 is 0 Å². The molecule has 0 saturated heterocycles. The molecule has 1 aliphatic carbocycles. The number of pyridine rings is 1. The molecule has 0 N–H and O–H groups in total. The van der Waals surface area contributed by atoms with E-state index in [1.54, 1.807) is 0 Å². The van der Waals surface area contributed by atoms with Crippen LogP contribution in [0.1, 0.15) is 22.4 Å². The van der Waals surface area contributed by atoms with Gasteiger partial charge in [0.05, 0.1) is 11.1 Å². The van der Waals surface area contributed by atoms with Gasteiger partial charge in [0.15, 0.2) is 0 Å². The van der Waals surface area contributed by atoms with Crippen molar-refractivity contribution in [3.8, 4) is 11.1 Å². The highest BCUT2D eigenvalue weighted by Gasteiger charge is 2.46. The van der Waals surface area contributed by atoms with Crippen molar-refractivity contribution in [2.45, 2.75) is 5.41 Å². The maximum absolute atomic E-state index is 4.82. The maximum atomic E-state index is 4.82. The monoisotopic (exact) mass is 397 g/mol. The van der Waals surface area contributed by atoms with Crippen LogP contribution in [0.25, 0.3) is 11.1 Å². The average Bonchev–Trinajstić information content (AvgIpc) is 3.00. The first kappa shape index (κ1) is 15.5. The van der Waals surface area contributed by atoms with E-state index in [1.165, 1.54) is 27.8 Å². The van der Waals surface area contributed by atoms with Crippen LogP contribution in [0, 0.1) is 0 Å². The lowest BCUT2D eigenvalue weighted by Gasteiger charge is -2.32. The van der Waals surface area contributed by atoms with Crippen LogP contribution >= 0.6 is 15.9 Å². The van der Waals surface area contributed by atoms with E-state index in [9.17, 15) is 0 Å². The minimum absolute atomic E-state index is 0.405. The molecule has 0 radical (unpaired) electrons. The number of aromatic nitrogens is 1. The average molecular weight is 398 g/mol. The third-order valence-corrected chi connectivity index (χ3v) is 5.75. The van der Waals surface area contributed by atoms with Crippen molar-refractivity contribution in [1.82, 2.24) is 4.98 Å². The summed E-state index contributed by atoms with van der Waals surface area (Å²) in [4.78, 5) is 4.82. The van der Waals surface area contributed by atoms with Crippen LogP contribution in [0.3, 0.4) is 0 Å². The molecule has 2 heteroatoms. The molecule has 1 aliphatic rings. The Morgan fingerprint density at radius 2 is 1.31 bits per heavy atom. The summed E-state index contributed by atoms with van der Waals surface area (Å²) >= 11 is 3.67. The number of halogens is 1. The van der Waals surface area contributed by atoms with E-state index in [2.05, 4.69) is 101 Å². The highest BCUT2D eigenvalue weighted by Crippen LogP contribution is 2.55. The lowest BCUT2D eigenvalue weighted by atomic mass is 9.70. The largest absolute Gasteiger partial charge is 0.260 e. The van der Waals surface area contributed by atoms with Crippen molar-refractivity contribution < 1.29 is 0 Å². The van der Waals surface area contributed by atoms with Crippen molar-refractivity contribution >= 4 is 15.9 Å². The summed E-state index contributed by atoms with van der Waals surface area (Å²) in [7, 11) is 0. The van der Waals surface area contributed by atoms with Crippen LogP contribution in [0.2, 0.25) is 0 Å². The summed E-state index contributed by atoms with van der Waals surface area (Å²) in [6.45, 7) is 0. The zero-order chi connectivity index (χ0) is 17.6. The van der Waals surface area contributed by atoms with Gasteiger partial charge in [-0.05, 0) is 52.1 Å². The molecule has 0 saturated carbocycles. The van der Waals surface area contributed by atoms with Gasteiger partial charge in [-0.25, -0.2) is 0 Å². The van der Waals surface area contributed by atoms with Crippen LogP contribution in [0.5, 0.6) is 0 Å². The van der Waals surface area contributed by atoms with E-state index in [4.69, 9.17) is 4.98 Å². The molecular formula is C24H16BrN. The second-order valence-corrected chi connectivity index (χ2v) is 7.48. The topological polar surface area (TPSA) is 12.9 Å². The number of hydrogen-bond donors (Lipinski definition) is 0. The van der Waals surface area contributed by atoms with Gasteiger partial charge < -0.3 is 0 Å². The van der Waals surface area contributed by atoms with Gasteiger partial charge in [0, 0.05) is 10.7 Å². The second kappa shape index (κ2) is 5.93. The Bertz CT molecular complexity index is 1060. The van der Waals surface area contributed by atoms with Crippen molar-refractivity contribution in [1.29, 1.82) is 0 Å². The Hall–Kier alpha value is -2.71. The maximum Gasteiger partial charge on any atom is 0.0886 e. The molecule has 0 unspecified atom stereocenters. The molecule has 1 aromatic heterocycles. The molecular weight excluding hydrogens is 382 g/mol. The molecule has 0 amide bonds. The number of benzene rings is 3. The Balaban J connectivity index is 1.98. The number of hydrogen-bond acceptors (Lipinski definition) is 1. The van der Waals surface area contributed by atoms with Crippen LogP contribution in [0.4, 0.5) is 0 Å². The molecule has 1 heterocycles. The van der Waals surface area contributed by atoms with Crippen LogP contribution in [0.15, 0.2) is 102 Å². The van der Waals surface area contributed by atoms with Gasteiger partial charge >= 0.3 is 0 Å². The zero-order valence-corrected chi connectivity index (χ0v) is 15.6. The summed E-state index contributed by atoms with van der Waals surface area (Å²) in [5, 5.41) is 0. The highest BCUT2D eigenvalue weighted by atomic mass is 79.9. The fourth-order valence-corrected chi connectivity index (χ4v) is 4.68. The van der Waals surface area contributed by atoms with Crippen molar-refractivity contribution in [3.63, 3.8) is 0 Å². The summed E-state index contributed by atoms with van der Waals surface area (Å²) in [5.74, 6) is 0. The van der Waals surface area contributed by atoms with Crippen LogP contribution in [-0.4, -0.2) is 4.98 Å². The SMILES string of the molecule is Brc1cccc(C2(c3ccccn3)c3ccccc3-c3ccccc32)c1. The number of rotatable bonds is 2. The number of nitrogens with zero attached hydrogens (tertiary/aromatic N) is 1. The Labute approximate surface area is 161 Å². The molecule has 0 bridgehead atoms. The minimum Gasteiger partial charge on any atom is -0.260 e. The van der Waals surface area contributed by atoms with E-state index in [0.29, 0.717) is 0 Å². The molecule has 124 valence electrons. The third kappa shape index (κ3) is 2.06. The predicted molar refractivity (Wildman–Crippen MR) is 109 cm³/mol. The van der Waals surface area contributed by atoms with Crippen molar-refractivity contribution in [2.75, 3.05) is 0 Å². The Kier molecular flexibility index (Phi) is 3.54. The van der Waals surface area contributed by atoms with Crippen LogP contribution < -0.4 is 0 Å². The third-order valence-electron chi connectivity index (χ3n) is 5.26. The van der Waals surface area contributed by atoms with Gasteiger partial charge in [0.2, 0.25) is 0 Å². The van der Waals surface area contributed by atoms with Crippen molar-refractivity contribution in [3.05, 3.63) is 124 Å². The van der Waals surface area contributed by atoms with Gasteiger partial charge in [-0.15, -0.1) is 0 Å². The fourth-order valence-electron chi connectivity index (χ4n) is 4.28. The summed E-state index contributed by atoms with van der Waals surface area (Å²) in [6, 6.07) is 32.2. The van der Waals surface area contributed by atoms with Gasteiger partial charge in [-0.3, -0.25) is 4.98 Å². The fraction of sp³-hybridized carbons (Fsp3) is 0.0417. The Morgan fingerprint density at radius 1 is 0.654 bits per heavy atom. The minimum atomic E-state index is -0.405. The molecule has 3 aromatic carbocycles. The van der Waals surface area contributed by atoms with E-state index in [1.807, 2.05) is 12.3 Å². The molecule has 26 heavy (non-hydrogen) atoms.